The molecule has 0 spiro atoms. The van der Waals surface area contributed by atoms with Gasteiger partial charge in [-0.25, -0.2) is 0 Å². The molecule has 70 valence electrons. The maximum atomic E-state index is 5.80. The topological polar surface area (TPSA) is 38.9 Å². The number of anilines is 1. The van der Waals surface area contributed by atoms with E-state index < -0.39 is 0 Å². The number of thiazole rings is 1. The van der Waals surface area contributed by atoms with Gasteiger partial charge in [-0.05, 0) is 17.7 Å². The van der Waals surface area contributed by atoms with E-state index in [0.29, 0.717) is 0 Å². The van der Waals surface area contributed by atoms with Crippen LogP contribution < -0.4 is 5.73 Å². The van der Waals surface area contributed by atoms with Crippen molar-refractivity contribution < 1.29 is 0 Å². The zero-order valence-electron chi connectivity index (χ0n) is 7.55. The predicted octanol–water partition coefficient (Wildman–Crippen LogP) is 2.90. The average Bonchev–Trinajstić information content (AvgIpc) is 2.69. The Morgan fingerprint density at radius 1 is 1.21 bits per heavy atom. The minimum absolute atomic E-state index is 0.799. The van der Waals surface area contributed by atoms with Gasteiger partial charge in [0, 0.05) is 16.8 Å². The summed E-state index contributed by atoms with van der Waals surface area (Å²) in [6, 6.07) is 7.79. The van der Waals surface area contributed by atoms with Crippen molar-refractivity contribution in [2.75, 3.05) is 5.73 Å². The lowest BCUT2D eigenvalue weighted by atomic mass is 10.1. The number of nitrogens with zero attached hydrogens (tertiary/aromatic N) is 1. The van der Waals surface area contributed by atoms with Crippen molar-refractivity contribution in [1.82, 2.24) is 4.98 Å². The van der Waals surface area contributed by atoms with Crippen LogP contribution in [0.4, 0.5) is 5.69 Å². The highest BCUT2D eigenvalue weighted by molar-refractivity contribution is 7.10. The van der Waals surface area contributed by atoms with Gasteiger partial charge in [0.25, 0.3) is 0 Å². The highest BCUT2D eigenvalue weighted by Gasteiger charge is 1.92. The van der Waals surface area contributed by atoms with Gasteiger partial charge in [0.05, 0.1) is 5.51 Å². The molecule has 0 saturated heterocycles. The first-order chi connectivity index (χ1) is 6.86. The zero-order valence-corrected chi connectivity index (χ0v) is 8.37. The van der Waals surface area contributed by atoms with Gasteiger partial charge in [-0.2, -0.15) is 0 Å². The molecule has 2 rings (SSSR count). The van der Waals surface area contributed by atoms with Crippen LogP contribution in [0.25, 0.3) is 12.2 Å². The van der Waals surface area contributed by atoms with E-state index in [-0.39, 0.29) is 0 Å². The van der Waals surface area contributed by atoms with Crippen molar-refractivity contribution in [3.8, 4) is 0 Å². The van der Waals surface area contributed by atoms with Crippen molar-refractivity contribution >= 4 is 29.2 Å². The van der Waals surface area contributed by atoms with Crippen molar-refractivity contribution in [2.45, 2.75) is 0 Å². The van der Waals surface area contributed by atoms with Gasteiger partial charge < -0.3 is 5.73 Å². The highest BCUT2D eigenvalue weighted by atomic mass is 32.1. The van der Waals surface area contributed by atoms with Crippen LogP contribution in [0.5, 0.6) is 0 Å². The van der Waals surface area contributed by atoms with Crippen molar-refractivity contribution in [3.63, 3.8) is 0 Å². The monoisotopic (exact) mass is 202 g/mol. The second kappa shape index (κ2) is 4.07. The number of benzene rings is 1. The summed E-state index contributed by atoms with van der Waals surface area (Å²) >= 11 is 1.61. The predicted molar refractivity (Wildman–Crippen MR) is 61.9 cm³/mol. The van der Waals surface area contributed by atoms with E-state index >= 15 is 0 Å². The molecule has 0 unspecified atom stereocenters. The third kappa shape index (κ3) is 2.00. The first kappa shape index (κ1) is 8.97. The quantitative estimate of drug-likeness (QED) is 0.760. The fourth-order valence-electron chi connectivity index (χ4n) is 1.14. The molecule has 0 bridgehead atoms. The minimum atomic E-state index is 0.799. The third-order valence-electron chi connectivity index (χ3n) is 1.87. The summed E-state index contributed by atoms with van der Waals surface area (Å²) in [7, 11) is 0. The van der Waals surface area contributed by atoms with E-state index in [9.17, 15) is 0 Å². The van der Waals surface area contributed by atoms with Gasteiger partial charge in [0.1, 0.15) is 0 Å². The lowest BCUT2D eigenvalue weighted by molar-refractivity contribution is 1.42. The van der Waals surface area contributed by atoms with Crippen LogP contribution in [0.15, 0.2) is 36.0 Å². The van der Waals surface area contributed by atoms with Crippen LogP contribution in [0.1, 0.15) is 10.4 Å². The molecule has 0 saturated carbocycles. The molecule has 14 heavy (non-hydrogen) atoms. The Balaban J connectivity index is 2.23. The van der Waals surface area contributed by atoms with Crippen LogP contribution in [0.3, 0.4) is 0 Å². The van der Waals surface area contributed by atoms with Gasteiger partial charge in [-0.3, -0.25) is 4.98 Å². The molecule has 0 amide bonds. The molecule has 1 aromatic heterocycles. The summed E-state index contributed by atoms with van der Waals surface area (Å²) in [6.07, 6.45) is 5.85. The first-order valence-electron chi connectivity index (χ1n) is 4.27. The molecule has 2 aromatic rings. The van der Waals surface area contributed by atoms with Crippen LogP contribution >= 0.6 is 11.3 Å². The van der Waals surface area contributed by atoms with Gasteiger partial charge >= 0.3 is 0 Å². The first-order valence-corrected chi connectivity index (χ1v) is 5.15. The number of para-hydroxylation sites is 1. The number of hydrogen-bond donors (Lipinski definition) is 1. The number of aromatic nitrogens is 1. The number of nitrogens with two attached hydrogens (primary N) is 1. The van der Waals surface area contributed by atoms with Crippen molar-refractivity contribution in [2.24, 2.45) is 0 Å². The normalized spacial score (nSPS) is 10.9. The van der Waals surface area contributed by atoms with E-state index in [1.807, 2.05) is 48.1 Å². The van der Waals surface area contributed by atoms with Crippen LogP contribution in [-0.4, -0.2) is 4.98 Å². The summed E-state index contributed by atoms with van der Waals surface area (Å²) in [5.41, 5.74) is 9.45. The number of hydrogen-bond acceptors (Lipinski definition) is 3. The second-order valence-electron chi connectivity index (χ2n) is 2.87. The molecule has 0 radical (unpaired) electrons. The van der Waals surface area contributed by atoms with Crippen molar-refractivity contribution in [3.05, 3.63) is 46.4 Å². The van der Waals surface area contributed by atoms with E-state index in [4.69, 9.17) is 5.73 Å². The van der Waals surface area contributed by atoms with Gasteiger partial charge in [0.2, 0.25) is 0 Å². The largest absolute Gasteiger partial charge is 0.398 e. The number of rotatable bonds is 2. The standard InChI is InChI=1S/C11H10N2S/c12-11-4-2-1-3-9(11)5-6-10-7-13-8-14-10/h1-8H,12H2. The fraction of sp³-hybridized carbons (Fsp3) is 0. The Morgan fingerprint density at radius 3 is 2.79 bits per heavy atom. The van der Waals surface area contributed by atoms with Crippen LogP contribution in [-0.2, 0) is 0 Å². The molecule has 0 aliphatic rings. The highest BCUT2D eigenvalue weighted by Crippen LogP contribution is 2.15. The van der Waals surface area contributed by atoms with Gasteiger partial charge in [0.15, 0.2) is 0 Å². The molecule has 1 aromatic carbocycles. The zero-order chi connectivity index (χ0) is 9.80. The smallest absolute Gasteiger partial charge is 0.0797 e. The summed E-state index contributed by atoms with van der Waals surface area (Å²) in [5.74, 6) is 0. The van der Waals surface area contributed by atoms with Crippen molar-refractivity contribution in [1.29, 1.82) is 0 Å². The lowest BCUT2D eigenvalue weighted by Gasteiger charge is -1.97. The molecule has 0 fully saturated rings. The Labute approximate surface area is 86.7 Å². The van der Waals surface area contributed by atoms with E-state index in [0.717, 1.165) is 16.1 Å². The van der Waals surface area contributed by atoms with Gasteiger partial charge in [-0.1, -0.05) is 24.3 Å². The average molecular weight is 202 g/mol. The lowest BCUT2D eigenvalue weighted by Crippen LogP contribution is -1.86. The van der Waals surface area contributed by atoms with E-state index in [1.54, 1.807) is 11.3 Å². The fourth-order valence-corrected chi connectivity index (χ4v) is 1.65. The molecule has 3 heteroatoms. The molecule has 2 nitrogen and oxygen atoms in total. The molecule has 1 heterocycles. The Hall–Kier alpha value is -1.61. The minimum Gasteiger partial charge on any atom is -0.398 e. The maximum absolute atomic E-state index is 5.80. The number of nitrogen functional groups attached to an aromatic ring is 1. The van der Waals surface area contributed by atoms with E-state index in [2.05, 4.69) is 4.98 Å². The van der Waals surface area contributed by atoms with Crippen LogP contribution in [0.2, 0.25) is 0 Å². The Kier molecular flexibility index (Phi) is 2.60. The summed E-state index contributed by atoms with van der Waals surface area (Å²) < 4.78 is 0. The third-order valence-corrected chi connectivity index (χ3v) is 2.62. The maximum Gasteiger partial charge on any atom is 0.0797 e. The summed E-state index contributed by atoms with van der Waals surface area (Å²) in [4.78, 5) is 5.13. The second-order valence-corrected chi connectivity index (χ2v) is 3.78. The SMILES string of the molecule is Nc1ccccc1C=Cc1cncs1. The van der Waals surface area contributed by atoms with Gasteiger partial charge in [-0.15, -0.1) is 11.3 Å². The molecule has 0 atom stereocenters. The summed E-state index contributed by atoms with van der Waals surface area (Å²) in [6.45, 7) is 0. The Morgan fingerprint density at radius 2 is 2.07 bits per heavy atom. The molecular weight excluding hydrogens is 192 g/mol. The van der Waals surface area contributed by atoms with Crippen LogP contribution in [0, 0.1) is 0 Å². The van der Waals surface area contributed by atoms with E-state index in [1.165, 1.54) is 0 Å². The summed E-state index contributed by atoms with van der Waals surface area (Å²) in [5, 5.41) is 0. The molecule has 0 aliphatic carbocycles. The Bertz CT molecular complexity index is 432. The molecule has 0 aliphatic heterocycles. The molecule has 2 N–H and O–H groups in total. The molecular formula is C11H10N2S.